The number of hydrogen-bond donors (Lipinski definition) is 1. The van der Waals surface area contributed by atoms with Crippen LogP contribution in [0.4, 0.5) is 0 Å². The Bertz CT molecular complexity index is 756. The molecule has 144 valence electrons. The molecule has 0 saturated carbocycles. The van der Waals surface area contributed by atoms with Gasteiger partial charge in [-0.25, -0.2) is 0 Å². The SMILES string of the molecule is CC(=O)N1CC[C@H](NCCc2ccc(C)c(C)c2)[C@H](Cc2ccccc2)C1. The van der Waals surface area contributed by atoms with Gasteiger partial charge in [0.05, 0.1) is 0 Å². The number of carbonyl (C=O) groups is 1. The summed E-state index contributed by atoms with van der Waals surface area (Å²) in [6, 6.07) is 17.9. The predicted octanol–water partition coefficient (Wildman–Crippen LogP) is 3.92. The third-order valence-corrected chi connectivity index (χ3v) is 5.91. The molecule has 27 heavy (non-hydrogen) atoms. The van der Waals surface area contributed by atoms with Gasteiger partial charge in [0.15, 0.2) is 0 Å². The average Bonchev–Trinajstić information content (AvgIpc) is 2.66. The Hall–Kier alpha value is -2.13. The Kier molecular flexibility index (Phi) is 6.68. The zero-order valence-electron chi connectivity index (χ0n) is 16.9. The van der Waals surface area contributed by atoms with E-state index in [1.165, 1.54) is 22.3 Å². The van der Waals surface area contributed by atoms with Gasteiger partial charge in [-0.15, -0.1) is 0 Å². The molecule has 1 fully saturated rings. The Morgan fingerprint density at radius 3 is 2.56 bits per heavy atom. The smallest absolute Gasteiger partial charge is 0.219 e. The van der Waals surface area contributed by atoms with Crippen LogP contribution in [0.1, 0.15) is 35.6 Å². The standard InChI is InChI=1S/C24H32N2O/c1-18-9-10-22(15-19(18)2)11-13-25-24-12-14-26(20(3)27)17-23(24)16-21-7-5-4-6-8-21/h4-10,15,23-25H,11-14,16-17H2,1-3H3/t23-,24+/m1/s1. The molecule has 2 aromatic rings. The minimum absolute atomic E-state index is 0.196. The summed E-state index contributed by atoms with van der Waals surface area (Å²) in [6.07, 6.45) is 3.10. The van der Waals surface area contributed by atoms with Crippen LogP contribution in [0.15, 0.2) is 48.5 Å². The van der Waals surface area contributed by atoms with Crippen molar-refractivity contribution < 1.29 is 4.79 Å². The van der Waals surface area contributed by atoms with Gasteiger partial charge in [-0.3, -0.25) is 4.79 Å². The fourth-order valence-corrected chi connectivity index (χ4v) is 4.07. The molecular weight excluding hydrogens is 332 g/mol. The van der Waals surface area contributed by atoms with Crippen LogP contribution in [0, 0.1) is 19.8 Å². The minimum atomic E-state index is 0.196. The number of carbonyl (C=O) groups excluding carboxylic acids is 1. The van der Waals surface area contributed by atoms with Crippen LogP contribution >= 0.6 is 0 Å². The molecule has 2 aromatic carbocycles. The second kappa shape index (κ2) is 9.18. The van der Waals surface area contributed by atoms with Gasteiger partial charge in [-0.1, -0.05) is 48.5 Å². The van der Waals surface area contributed by atoms with Crippen molar-refractivity contribution in [1.29, 1.82) is 0 Å². The average molecular weight is 365 g/mol. The lowest BCUT2D eigenvalue weighted by molar-refractivity contribution is -0.131. The maximum Gasteiger partial charge on any atom is 0.219 e. The lowest BCUT2D eigenvalue weighted by Crippen LogP contribution is -2.51. The van der Waals surface area contributed by atoms with Crippen LogP contribution < -0.4 is 5.32 Å². The number of likely N-dealkylation sites (tertiary alicyclic amines) is 1. The van der Waals surface area contributed by atoms with E-state index >= 15 is 0 Å². The van der Waals surface area contributed by atoms with Crippen LogP contribution in [0.2, 0.25) is 0 Å². The molecule has 1 amide bonds. The number of benzene rings is 2. The van der Waals surface area contributed by atoms with Crippen molar-refractivity contribution in [3.05, 3.63) is 70.8 Å². The normalized spacial score (nSPS) is 19.9. The third-order valence-electron chi connectivity index (χ3n) is 5.91. The van der Waals surface area contributed by atoms with Crippen LogP contribution in [-0.4, -0.2) is 36.5 Å². The van der Waals surface area contributed by atoms with Crippen LogP contribution in [0.5, 0.6) is 0 Å². The number of amides is 1. The summed E-state index contributed by atoms with van der Waals surface area (Å²) >= 11 is 0. The molecule has 2 atom stereocenters. The summed E-state index contributed by atoms with van der Waals surface area (Å²) in [5.74, 6) is 0.659. The zero-order valence-corrected chi connectivity index (χ0v) is 16.9. The second-order valence-corrected chi connectivity index (χ2v) is 7.93. The van der Waals surface area contributed by atoms with Gasteiger partial charge < -0.3 is 10.2 Å². The van der Waals surface area contributed by atoms with E-state index in [0.29, 0.717) is 12.0 Å². The van der Waals surface area contributed by atoms with Crippen molar-refractivity contribution in [2.24, 2.45) is 5.92 Å². The summed E-state index contributed by atoms with van der Waals surface area (Å²) in [6.45, 7) is 8.73. The summed E-state index contributed by atoms with van der Waals surface area (Å²) in [7, 11) is 0. The number of aryl methyl sites for hydroxylation is 2. The highest BCUT2D eigenvalue weighted by Gasteiger charge is 2.30. The van der Waals surface area contributed by atoms with Crippen molar-refractivity contribution in [3.63, 3.8) is 0 Å². The van der Waals surface area contributed by atoms with E-state index in [0.717, 1.165) is 38.9 Å². The lowest BCUT2D eigenvalue weighted by Gasteiger charge is -2.39. The molecule has 0 spiro atoms. The van der Waals surface area contributed by atoms with E-state index in [2.05, 4.69) is 67.7 Å². The van der Waals surface area contributed by atoms with E-state index in [1.807, 2.05) is 4.90 Å². The topological polar surface area (TPSA) is 32.3 Å². The van der Waals surface area contributed by atoms with Gasteiger partial charge in [-0.05, 0) is 67.8 Å². The molecule has 3 nitrogen and oxygen atoms in total. The Morgan fingerprint density at radius 1 is 1.07 bits per heavy atom. The summed E-state index contributed by atoms with van der Waals surface area (Å²) in [4.78, 5) is 13.9. The van der Waals surface area contributed by atoms with Gasteiger partial charge in [-0.2, -0.15) is 0 Å². The van der Waals surface area contributed by atoms with Gasteiger partial charge in [0.2, 0.25) is 5.91 Å². The third kappa shape index (κ3) is 5.43. The molecule has 3 rings (SSSR count). The number of nitrogens with one attached hydrogen (secondary N) is 1. The van der Waals surface area contributed by atoms with E-state index in [1.54, 1.807) is 6.92 Å². The Morgan fingerprint density at radius 2 is 1.85 bits per heavy atom. The van der Waals surface area contributed by atoms with Gasteiger partial charge in [0, 0.05) is 26.1 Å². The first-order valence-corrected chi connectivity index (χ1v) is 10.1. The van der Waals surface area contributed by atoms with Crippen LogP contribution in [0.25, 0.3) is 0 Å². The molecule has 0 bridgehead atoms. The molecule has 0 unspecified atom stereocenters. The monoisotopic (exact) mass is 364 g/mol. The van der Waals surface area contributed by atoms with E-state index in [4.69, 9.17) is 0 Å². The van der Waals surface area contributed by atoms with Crippen molar-refractivity contribution in [2.45, 2.75) is 46.1 Å². The zero-order chi connectivity index (χ0) is 19.2. The fourth-order valence-electron chi connectivity index (χ4n) is 4.07. The maximum atomic E-state index is 11.9. The van der Waals surface area contributed by atoms with Crippen LogP contribution in [-0.2, 0) is 17.6 Å². The Balaban J connectivity index is 1.60. The molecular formula is C24H32N2O. The number of hydrogen-bond acceptors (Lipinski definition) is 2. The van der Waals surface area contributed by atoms with Crippen molar-refractivity contribution >= 4 is 5.91 Å². The van der Waals surface area contributed by atoms with E-state index in [9.17, 15) is 4.79 Å². The van der Waals surface area contributed by atoms with E-state index < -0.39 is 0 Å². The first kappa shape index (κ1) is 19.6. The minimum Gasteiger partial charge on any atom is -0.343 e. The highest BCUT2D eigenvalue weighted by molar-refractivity contribution is 5.73. The molecule has 1 saturated heterocycles. The molecule has 1 aliphatic rings. The fraction of sp³-hybridized carbons (Fsp3) is 0.458. The van der Waals surface area contributed by atoms with Gasteiger partial charge in [0.1, 0.15) is 0 Å². The van der Waals surface area contributed by atoms with Gasteiger partial charge in [0.25, 0.3) is 0 Å². The molecule has 0 radical (unpaired) electrons. The molecule has 0 aromatic heterocycles. The number of piperidine rings is 1. The second-order valence-electron chi connectivity index (χ2n) is 7.93. The summed E-state index contributed by atoms with van der Waals surface area (Å²) < 4.78 is 0. The molecule has 1 aliphatic heterocycles. The maximum absolute atomic E-state index is 11.9. The van der Waals surface area contributed by atoms with E-state index in [-0.39, 0.29) is 5.91 Å². The van der Waals surface area contributed by atoms with Crippen LogP contribution in [0.3, 0.4) is 0 Å². The highest BCUT2D eigenvalue weighted by Crippen LogP contribution is 2.22. The number of nitrogens with zero attached hydrogens (tertiary/aromatic N) is 1. The van der Waals surface area contributed by atoms with Crippen molar-refractivity contribution in [1.82, 2.24) is 10.2 Å². The molecule has 1 heterocycles. The number of rotatable bonds is 6. The highest BCUT2D eigenvalue weighted by atomic mass is 16.2. The van der Waals surface area contributed by atoms with Gasteiger partial charge >= 0.3 is 0 Å². The quantitative estimate of drug-likeness (QED) is 0.843. The molecule has 0 aliphatic carbocycles. The largest absolute Gasteiger partial charge is 0.343 e. The van der Waals surface area contributed by atoms with Crippen molar-refractivity contribution in [3.8, 4) is 0 Å². The summed E-state index contributed by atoms with van der Waals surface area (Å²) in [5.41, 5.74) is 5.47. The Labute approximate surface area is 163 Å². The lowest BCUT2D eigenvalue weighted by atomic mass is 9.86. The first-order chi connectivity index (χ1) is 13.0. The molecule has 3 heteroatoms. The first-order valence-electron chi connectivity index (χ1n) is 10.1. The summed E-state index contributed by atoms with van der Waals surface area (Å²) in [5, 5.41) is 3.80. The molecule has 1 N–H and O–H groups in total. The van der Waals surface area contributed by atoms with Crippen molar-refractivity contribution in [2.75, 3.05) is 19.6 Å². The predicted molar refractivity (Wildman–Crippen MR) is 112 cm³/mol.